The molecule has 0 fully saturated rings. The molecule has 0 saturated heterocycles. The maximum absolute atomic E-state index is 9.99. The predicted molar refractivity (Wildman–Crippen MR) is 82.2 cm³/mol. The van der Waals surface area contributed by atoms with Crippen molar-refractivity contribution in [1.82, 2.24) is 5.32 Å². The van der Waals surface area contributed by atoms with Crippen LogP contribution in [0.25, 0.3) is 0 Å². The summed E-state index contributed by atoms with van der Waals surface area (Å²) in [7, 11) is 0. The van der Waals surface area contributed by atoms with Gasteiger partial charge in [0.1, 0.15) is 5.75 Å². The molecular formula is C16H18BrNO. The highest BCUT2D eigenvalue weighted by molar-refractivity contribution is 9.10. The third-order valence-electron chi connectivity index (χ3n) is 3.29. The number of hydrogen-bond donors (Lipinski definition) is 2. The second-order valence-corrected chi connectivity index (χ2v) is 5.56. The van der Waals surface area contributed by atoms with Gasteiger partial charge in [0.15, 0.2) is 0 Å². The Bertz CT molecular complexity index is 568. The Labute approximate surface area is 122 Å². The molecule has 19 heavy (non-hydrogen) atoms. The van der Waals surface area contributed by atoms with E-state index in [1.54, 1.807) is 0 Å². The zero-order valence-electron chi connectivity index (χ0n) is 11.2. The topological polar surface area (TPSA) is 32.3 Å². The summed E-state index contributed by atoms with van der Waals surface area (Å²) in [6, 6.07) is 14.2. The van der Waals surface area contributed by atoms with Crippen LogP contribution in [0.15, 0.2) is 46.9 Å². The molecule has 0 saturated carbocycles. The maximum Gasteiger partial charge on any atom is 0.122 e. The first kappa shape index (κ1) is 14.1. The lowest BCUT2D eigenvalue weighted by atomic mass is 10.1. The fourth-order valence-corrected chi connectivity index (χ4v) is 2.69. The van der Waals surface area contributed by atoms with Crippen LogP contribution >= 0.6 is 15.9 Å². The molecule has 2 rings (SSSR count). The summed E-state index contributed by atoms with van der Waals surface area (Å²) in [5.74, 6) is 0.384. The van der Waals surface area contributed by atoms with Gasteiger partial charge in [0.2, 0.25) is 0 Å². The van der Waals surface area contributed by atoms with E-state index in [4.69, 9.17) is 0 Å². The second-order valence-electron chi connectivity index (χ2n) is 4.71. The monoisotopic (exact) mass is 319 g/mol. The number of para-hydroxylation sites is 1. The van der Waals surface area contributed by atoms with E-state index < -0.39 is 0 Å². The minimum absolute atomic E-state index is 0.218. The summed E-state index contributed by atoms with van der Waals surface area (Å²) < 4.78 is 1.10. The normalized spacial score (nSPS) is 12.4. The molecule has 0 aromatic heterocycles. The summed E-state index contributed by atoms with van der Waals surface area (Å²) in [5, 5.41) is 13.4. The Morgan fingerprint density at radius 2 is 1.89 bits per heavy atom. The number of aromatic hydroxyl groups is 1. The Morgan fingerprint density at radius 3 is 2.63 bits per heavy atom. The summed E-state index contributed by atoms with van der Waals surface area (Å²) >= 11 is 3.56. The van der Waals surface area contributed by atoms with E-state index >= 15 is 0 Å². The summed E-state index contributed by atoms with van der Waals surface area (Å²) in [5.41, 5.74) is 3.06. The zero-order chi connectivity index (χ0) is 13.8. The maximum atomic E-state index is 9.99. The van der Waals surface area contributed by atoms with Crippen molar-refractivity contribution >= 4 is 15.9 Å². The van der Waals surface area contributed by atoms with Crippen LogP contribution in [0.4, 0.5) is 0 Å². The van der Waals surface area contributed by atoms with Crippen LogP contribution in [0.2, 0.25) is 0 Å². The number of phenolic OH excluding ortho intramolecular Hbond substituents is 1. The Hall–Kier alpha value is -1.32. The molecular weight excluding hydrogens is 302 g/mol. The standard InChI is InChI=1S/C16H18BrNO/c1-11-6-5-7-13(16(11)19)10-18-12(2)14-8-3-4-9-15(14)17/h3-9,12,18-19H,10H2,1-2H3/t12-/m1/s1. The largest absolute Gasteiger partial charge is 0.507 e. The van der Waals surface area contributed by atoms with Gasteiger partial charge in [-0.25, -0.2) is 0 Å². The first-order valence-electron chi connectivity index (χ1n) is 6.35. The molecule has 0 unspecified atom stereocenters. The van der Waals surface area contributed by atoms with Crippen molar-refractivity contribution in [2.75, 3.05) is 0 Å². The van der Waals surface area contributed by atoms with Crippen LogP contribution in [-0.4, -0.2) is 5.11 Å². The number of phenols is 1. The molecule has 2 aromatic carbocycles. The lowest BCUT2D eigenvalue weighted by Gasteiger charge is -2.16. The van der Waals surface area contributed by atoms with Gasteiger partial charge in [-0.2, -0.15) is 0 Å². The number of benzene rings is 2. The van der Waals surface area contributed by atoms with Crippen LogP contribution in [0.5, 0.6) is 5.75 Å². The van der Waals surface area contributed by atoms with Crippen molar-refractivity contribution in [2.24, 2.45) is 0 Å². The fourth-order valence-electron chi connectivity index (χ4n) is 2.06. The number of rotatable bonds is 4. The van der Waals surface area contributed by atoms with Gasteiger partial charge < -0.3 is 10.4 Å². The van der Waals surface area contributed by atoms with Crippen molar-refractivity contribution in [2.45, 2.75) is 26.4 Å². The molecule has 0 aliphatic rings. The smallest absolute Gasteiger partial charge is 0.122 e. The van der Waals surface area contributed by atoms with Gasteiger partial charge in [0.05, 0.1) is 0 Å². The van der Waals surface area contributed by atoms with Crippen molar-refractivity contribution < 1.29 is 5.11 Å². The molecule has 2 nitrogen and oxygen atoms in total. The SMILES string of the molecule is Cc1cccc(CN[C@H](C)c2ccccc2Br)c1O. The van der Waals surface area contributed by atoms with E-state index in [1.165, 1.54) is 5.56 Å². The number of aryl methyl sites for hydroxylation is 1. The highest BCUT2D eigenvalue weighted by Gasteiger charge is 2.09. The van der Waals surface area contributed by atoms with Crippen LogP contribution in [0.1, 0.15) is 29.7 Å². The Kier molecular flexibility index (Phi) is 4.61. The number of hydrogen-bond acceptors (Lipinski definition) is 2. The number of nitrogens with one attached hydrogen (secondary N) is 1. The molecule has 0 aliphatic carbocycles. The second kappa shape index (κ2) is 6.22. The van der Waals surface area contributed by atoms with E-state index in [0.717, 1.165) is 15.6 Å². The first-order chi connectivity index (χ1) is 9.09. The highest BCUT2D eigenvalue weighted by Crippen LogP contribution is 2.25. The van der Waals surface area contributed by atoms with E-state index in [1.807, 2.05) is 43.3 Å². The summed E-state index contributed by atoms with van der Waals surface area (Å²) in [4.78, 5) is 0. The quantitative estimate of drug-likeness (QED) is 0.879. The van der Waals surface area contributed by atoms with E-state index in [-0.39, 0.29) is 6.04 Å². The molecule has 2 aromatic rings. The molecule has 1 atom stereocenters. The first-order valence-corrected chi connectivity index (χ1v) is 7.14. The van der Waals surface area contributed by atoms with Gasteiger partial charge in [0.25, 0.3) is 0 Å². The highest BCUT2D eigenvalue weighted by atomic mass is 79.9. The van der Waals surface area contributed by atoms with Crippen molar-refractivity contribution in [1.29, 1.82) is 0 Å². The third kappa shape index (κ3) is 3.37. The van der Waals surface area contributed by atoms with Gasteiger partial charge >= 0.3 is 0 Å². The van der Waals surface area contributed by atoms with Gasteiger partial charge in [0, 0.05) is 22.6 Å². The zero-order valence-corrected chi connectivity index (χ0v) is 12.7. The average Bonchev–Trinajstić information content (AvgIpc) is 2.40. The minimum Gasteiger partial charge on any atom is -0.507 e. The van der Waals surface area contributed by atoms with Crippen LogP contribution in [-0.2, 0) is 6.54 Å². The van der Waals surface area contributed by atoms with Gasteiger partial charge in [-0.3, -0.25) is 0 Å². The van der Waals surface area contributed by atoms with E-state index in [9.17, 15) is 5.11 Å². The Morgan fingerprint density at radius 1 is 1.16 bits per heavy atom. The van der Waals surface area contributed by atoms with Crippen LogP contribution in [0, 0.1) is 6.92 Å². The fraction of sp³-hybridized carbons (Fsp3) is 0.250. The van der Waals surface area contributed by atoms with Crippen LogP contribution in [0.3, 0.4) is 0 Å². The third-order valence-corrected chi connectivity index (χ3v) is 4.01. The molecule has 100 valence electrons. The van der Waals surface area contributed by atoms with Gasteiger partial charge in [-0.05, 0) is 31.0 Å². The van der Waals surface area contributed by atoms with Crippen molar-refractivity contribution in [3.8, 4) is 5.75 Å². The lowest BCUT2D eigenvalue weighted by molar-refractivity contribution is 0.456. The van der Waals surface area contributed by atoms with Crippen molar-refractivity contribution in [3.05, 3.63) is 63.6 Å². The Balaban J connectivity index is 2.07. The summed E-state index contributed by atoms with van der Waals surface area (Å²) in [6.07, 6.45) is 0. The minimum atomic E-state index is 0.218. The van der Waals surface area contributed by atoms with Crippen molar-refractivity contribution in [3.63, 3.8) is 0 Å². The summed E-state index contributed by atoms with van der Waals surface area (Å²) in [6.45, 7) is 4.68. The lowest BCUT2D eigenvalue weighted by Crippen LogP contribution is -2.18. The van der Waals surface area contributed by atoms with Gasteiger partial charge in [-0.15, -0.1) is 0 Å². The van der Waals surface area contributed by atoms with Crippen LogP contribution < -0.4 is 5.32 Å². The predicted octanol–water partition coefficient (Wildman–Crippen LogP) is 4.31. The molecule has 2 N–H and O–H groups in total. The number of halogens is 1. The molecule has 0 heterocycles. The van der Waals surface area contributed by atoms with E-state index in [0.29, 0.717) is 12.3 Å². The molecule has 0 amide bonds. The molecule has 3 heteroatoms. The molecule has 0 spiro atoms. The molecule has 0 bridgehead atoms. The molecule has 0 radical (unpaired) electrons. The van der Waals surface area contributed by atoms with Gasteiger partial charge in [-0.1, -0.05) is 52.3 Å². The average molecular weight is 320 g/mol. The van der Waals surface area contributed by atoms with E-state index in [2.05, 4.69) is 34.2 Å². The molecule has 0 aliphatic heterocycles.